The highest BCUT2D eigenvalue weighted by Gasteiger charge is 2.27. The number of amides is 2. The van der Waals surface area contributed by atoms with Gasteiger partial charge in [0.15, 0.2) is 0 Å². The second-order valence-corrected chi connectivity index (χ2v) is 6.80. The number of nitrogens with one attached hydrogen (secondary N) is 2. The highest BCUT2D eigenvalue weighted by Crippen LogP contribution is 2.30. The van der Waals surface area contributed by atoms with E-state index < -0.39 is 0 Å². The van der Waals surface area contributed by atoms with Crippen molar-refractivity contribution >= 4 is 28.4 Å². The third kappa shape index (κ3) is 2.73. The fourth-order valence-electron chi connectivity index (χ4n) is 3.39. The van der Waals surface area contributed by atoms with Gasteiger partial charge in [-0.25, -0.2) is 0 Å². The van der Waals surface area contributed by atoms with Gasteiger partial charge < -0.3 is 15.2 Å². The van der Waals surface area contributed by atoms with Gasteiger partial charge >= 0.3 is 0 Å². The first-order chi connectivity index (χ1) is 12.5. The van der Waals surface area contributed by atoms with Gasteiger partial charge in [0.2, 0.25) is 0 Å². The van der Waals surface area contributed by atoms with Crippen LogP contribution in [0.3, 0.4) is 0 Å². The van der Waals surface area contributed by atoms with Crippen LogP contribution in [0.4, 0.5) is 5.69 Å². The number of benzene rings is 1. The summed E-state index contributed by atoms with van der Waals surface area (Å²) in [4.78, 5) is 29.0. The van der Waals surface area contributed by atoms with Crippen molar-refractivity contribution in [3.05, 3.63) is 60.0 Å². The Kier molecular flexibility index (Phi) is 3.95. The van der Waals surface area contributed by atoms with Crippen LogP contribution in [0.5, 0.6) is 0 Å². The van der Waals surface area contributed by atoms with Gasteiger partial charge in [0.25, 0.3) is 11.8 Å². The van der Waals surface area contributed by atoms with Crippen molar-refractivity contribution in [2.24, 2.45) is 5.92 Å². The van der Waals surface area contributed by atoms with E-state index in [1.165, 1.54) is 0 Å². The normalized spacial score (nSPS) is 19.5. The maximum Gasteiger partial charge on any atom is 0.267 e. The third-order valence-electron chi connectivity index (χ3n) is 5.07. The number of aromatic nitrogens is 2. The van der Waals surface area contributed by atoms with Crippen molar-refractivity contribution in [1.82, 2.24) is 14.9 Å². The second kappa shape index (κ2) is 6.29. The highest BCUT2D eigenvalue weighted by molar-refractivity contribution is 6.07. The van der Waals surface area contributed by atoms with Gasteiger partial charge in [-0.1, -0.05) is 13.0 Å². The zero-order chi connectivity index (χ0) is 18.3. The number of hydrogen-bond acceptors (Lipinski definition) is 3. The van der Waals surface area contributed by atoms with Crippen LogP contribution < -0.4 is 10.6 Å². The molecule has 0 bridgehead atoms. The molecule has 2 atom stereocenters. The molecule has 1 aliphatic rings. The number of fused-ring (bicyclic) bond motifs is 3. The van der Waals surface area contributed by atoms with Gasteiger partial charge in [-0.05, 0) is 43.2 Å². The van der Waals surface area contributed by atoms with Crippen LogP contribution in [0.1, 0.15) is 40.7 Å². The lowest BCUT2D eigenvalue weighted by molar-refractivity contribution is 0.0948. The van der Waals surface area contributed by atoms with Crippen molar-refractivity contribution < 1.29 is 9.59 Å². The van der Waals surface area contributed by atoms with Gasteiger partial charge in [-0.2, -0.15) is 0 Å². The van der Waals surface area contributed by atoms with Crippen LogP contribution in [0.25, 0.3) is 10.9 Å². The first-order valence-corrected chi connectivity index (χ1v) is 8.69. The van der Waals surface area contributed by atoms with Crippen LogP contribution >= 0.6 is 0 Å². The molecular weight excluding hydrogens is 328 g/mol. The van der Waals surface area contributed by atoms with E-state index in [0.29, 0.717) is 29.4 Å². The van der Waals surface area contributed by atoms with E-state index in [1.54, 1.807) is 30.6 Å². The van der Waals surface area contributed by atoms with Crippen molar-refractivity contribution in [3.63, 3.8) is 0 Å². The summed E-state index contributed by atoms with van der Waals surface area (Å²) in [6.07, 6.45) is 3.26. The van der Waals surface area contributed by atoms with Crippen LogP contribution in [-0.2, 0) is 0 Å². The Morgan fingerprint density at radius 1 is 1.27 bits per heavy atom. The van der Waals surface area contributed by atoms with Crippen LogP contribution in [0, 0.1) is 5.92 Å². The van der Waals surface area contributed by atoms with Gasteiger partial charge in [0.05, 0.1) is 11.9 Å². The number of rotatable bonds is 2. The quantitative estimate of drug-likeness (QED) is 0.746. The fourth-order valence-corrected chi connectivity index (χ4v) is 3.39. The average Bonchev–Trinajstić information content (AvgIpc) is 3.00. The lowest BCUT2D eigenvalue weighted by atomic mass is 10.0. The minimum absolute atomic E-state index is 0.0706. The van der Waals surface area contributed by atoms with Crippen LogP contribution in [0.15, 0.2) is 48.8 Å². The molecule has 6 nitrogen and oxygen atoms in total. The van der Waals surface area contributed by atoms with E-state index in [2.05, 4.69) is 29.5 Å². The monoisotopic (exact) mass is 348 g/mol. The number of pyridine rings is 1. The second-order valence-electron chi connectivity index (χ2n) is 6.80. The van der Waals surface area contributed by atoms with Crippen molar-refractivity contribution in [2.45, 2.75) is 19.9 Å². The summed E-state index contributed by atoms with van der Waals surface area (Å²) >= 11 is 0. The van der Waals surface area contributed by atoms with E-state index >= 15 is 0 Å². The molecule has 0 spiro atoms. The number of carbonyl (C=O) groups excluding carboxylic acids is 2. The van der Waals surface area contributed by atoms with Crippen molar-refractivity contribution in [2.75, 3.05) is 11.9 Å². The molecule has 0 saturated carbocycles. The maximum atomic E-state index is 12.6. The molecule has 0 fully saturated rings. The Morgan fingerprint density at radius 3 is 2.88 bits per heavy atom. The summed E-state index contributed by atoms with van der Waals surface area (Å²) in [5.41, 5.74) is 2.73. The summed E-state index contributed by atoms with van der Waals surface area (Å²) in [7, 11) is 0. The van der Waals surface area contributed by atoms with Gasteiger partial charge in [-0.3, -0.25) is 14.6 Å². The Bertz CT molecular complexity index is 994. The predicted octanol–water partition coefficient (Wildman–Crippen LogP) is 3.23. The average molecular weight is 348 g/mol. The number of hydrogen-bond donors (Lipinski definition) is 2. The first kappa shape index (κ1) is 16.3. The zero-order valence-electron chi connectivity index (χ0n) is 14.7. The molecule has 4 rings (SSSR count). The molecule has 1 aromatic carbocycles. The van der Waals surface area contributed by atoms with E-state index in [4.69, 9.17) is 0 Å². The predicted molar refractivity (Wildman–Crippen MR) is 100 cm³/mol. The lowest BCUT2D eigenvalue weighted by Crippen LogP contribution is -2.26. The minimum Gasteiger partial charge on any atom is -0.350 e. The Balaban J connectivity index is 1.76. The van der Waals surface area contributed by atoms with Crippen LogP contribution in [0.2, 0.25) is 0 Å². The molecular formula is C20H20N4O2. The summed E-state index contributed by atoms with van der Waals surface area (Å²) in [6.45, 7) is 4.87. The van der Waals surface area contributed by atoms with E-state index in [1.807, 2.05) is 22.8 Å². The molecule has 0 radical (unpaired) electrons. The van der Waals surface area contributed by atoms with E-state index in [9.17, 15) is 9.59 Å². The molecule has 0 unspecified atom stereocenters. The standard InChI is InChI=1S/C20H20N4O2/c1-12-10-22-20(26)18-8-14-5-6-15(9-17(14)24(18)13(12)2)19(25)23-16-4-3-7-21-11-16/h3-9,11-13H,10H2,1-2H3,(H,22,26)(H,23,25)/t12-,13-/m0/s1. The largest absolute Gasteiger partial charge is 0.350 e. The highest BCUT2D eigenvalue weighted by atomic mass is 16.2. The third-order valence-corrected chi connectivity index (χ3v) is 5.07. The fraction of sp³-hybridized carbons (Fsp3) is 0.250. The molecule has 0 aliphatic carbocycles. The topological polar surface area (TPSA) is 76.0 Å². The molecule has 2 amide bonds. The summed E-state index contributed by atoms with van der Waals surface area (Å²) < 4.78 is 2.04. The van der Waals surface area contributed by atoms with Crippen LogP contribution in [-0.4, -0.2) is 27.9 Å². The Hall–Kier alpha value is -3.15. The SMILES string of the molecule is C[C@H]1CNC(=O)c2cc3ccc(C(=O)Nc4cccnc4)cc3n2[C@H]1C. The lowest BCUT2D eigenvalue weighted by Gasteiger charge is -2.20. The Morgan fingerprint density at radius 2 is 2.12 bits per heavy atom. The summed E-state index contributed by atoms with van der Waals surface area (Å²) in [5, 5.41) is 6.76. The molecule has 3 heterocycles. The number of nitrogens with zero attached hydrogens (tertiary/aromatic N) is 2. The molecule has 1 aliphatic heterocycles. The molecule has 3 aromatic rings. The molecule has 0 saturated heterocycles. The first-order valence-electron chi connectivity index (χ1n) is 8.69. The maximum absolute atomic E-state index is 12.6. The van der Waals surface area contributed by atoms with Gasteiger partial charge in [0.1, 0.15) is 5.69 Å². The molecule has 2 N–H and O–H groups in total. The molecule has 6 heteroatoms. The van der Waals surface area contributed by atoms with Gasteiger partial charge in [0, 0.05) is 35.2 Å². The Labute approximate surface area is 151 Å². The van der Waals surface area contributed by atoms with Crippen molar-refractivity contribution in [3.8, 4) is 0 Å². The number of carbonyl (C=O) groups is 2. The van der Waals surface area contributed by atoms with Crippen molar-refractivity contribution in [1.29, 1.82) is 0 Å². The minimum atomic E-state index is -0.200. The molecule has 26 heavy (non-hydrogen) atoms. The summed E-state index contributed by atoms with van der Waals surface area (Å²) in [5.74, 6) is 0.0247. The van der Waals surface area contributed by atoms with Gasteiger partial charge in [-0.15, -0.1) is 0 Å². The smallest absolute Gasteiger partial charge is 0.267 e. The zero-order valence-corrected chi connectivity index (χ0v) is 14.7. The summed E-state index contributed by atoms with van der Waals surface area (Å²) in [6, 6.07) is 11.1. The number of anilines is 1. The molecule has 2 aromatic heterocycles. The molecule has 132 valence electrons. The van der Waals surface area contributed by atoms with E-state index in [-0.39, 0.29) is 17.9 Å². The van der Waals surface area contributed by atoms with E-state index in [0.717, 1.165) is 10.9 Å².